The van der Waals surface area contributed by atoms with Gasteiger partial charge in [0, 0.05) is 11.7 Å². The van der Waals surface area contributed by atoms with Gasteiger partial charge >= 0.3 is 6.03 Å². The van der Waals surface area contributed by atoms with E-state index in [0.717, 1.165) is 24.0 Å². The van der Waals surface area contributed by atoms with Gasteiger partial charge in [0.25, 0.3) is 0 Å². The lowest BCUT2D eigenvalue weighted by molar-refractivity contribution is -0.123. The predicted octanol–water partition coefficient (Wildman–Crippen LogP) is 3.27. The third kappa shape index (κ3) is 5.98. The number of halogens is 1. The van der Waals surface area contributed by atoms with Gasteiger partial charge in [-0.25, -0.2) is 4.79 Å². The molecule has 0 saturated heterocycles. The average molecular weight is 389 g/mol. The molecule has 6 nitrogen and oxygen atoms in total. The monoisotopic (exact) mass is 388 g/mol. The predicted molar refractivity (Wildman–Crippen MR) is 109 cm³/mol. The van der Waals surface area contributed by atoms with Gasteiger partial charge in [0.05, 0.1) is 6.04 Å². The van der Waals surface area contributed by atoms with Crippen LogP contribution in [-0.2, 0) is 4.79 Å². The molecule has 1 saturated carbocycles. The molecule has 0 aromatic heterocycles. The number of urea groups is 1. The van der Waals surface area contributed by atoms with Gasteiger partial charge < -0.3 is 21.7 Å². The van der Waals surface area contributed by atoms with Crippen molar-refractivity contribution < 1.29 is 9.59 Å². The van der Waals surface area contributed by atoms with E-state index in [2.05, 4.69) is 16.0 Å². The van der Waals surface area contributed by atoms with Crippen molar-refractivity contribution in [2.24, 2.45) is 5.73 Å². The zero-order valence-corrected chi connectivity index (χ0v) is 16.0. The summed E-state index contributed by atoms with van der Waals surface area (Å²) in [6, 6.07) is 15.9. The number of amides is 3. The van der Waals surface area contributed by atoms with Crippen LogP contribution in [0.2, 0.25) is 0 Å². The minimum atomic E-state index is -0.703. The standard InChI is InChI=1S/C20H24N4O2.ClH/c1-13(22-19(25)18(21)15-5-3-2-4-6-15)14-7-9-16(10-8-14)23-20(26)24-17-11-12-17;/h2-10,13,17-18H,11-12,21H2,1H3,(H,22,25)(H2,23,24,26);1H. The van der Waals surface area contributed by atoms with Crippen LogP contribution in [0.1, 0.15) is 43.0 Å². The third-order valence-corrected chi connectivity index (χ3v) is 4.38. The first kappa shape index (κ1) is 20.7. The summed E-state index contributed by atoms with van der Waals surface area (Å²) in [4.78, 5) is 24.1. The maximum absolute atomic E-state index is 12.3. The van der Waals surface area contributed by atoms with Crippen LogP contribution in [0.25, 0.3) is 0 Å². The Bertz CT molecular complexity index is 763. The van der Waals surface area contributed by atoms with Gasteiger partial charge in [-0.1, -0.05) is 42.5 Å². The summed E-state index contributed by atoms with van der Waals surface area (Å²) in [5.74, 6) is -0.227. The fraction of sp³-hybridized carbons (Fsp3) is 0.300. The number of carbonyl (C=O) groups excluding carboxylic acids is 2. The van der Waals surface area contributed by atoms with E-state index in [-0.39, 0.29) is 30.4 Å². The Kier molecular flexibility index (Phi) is 7.21. The van der Waals surface area contributed by atoms with Crippen LogP contribution >= 0.6 is 12.4 Å². The Morgan fingerprint density at radius 1 is 1.00 bits per heavy atom. The summed E-state index contributed by atoms with van der Waals surface area (Å²) in [5, 5.41) is 8.60. The normalized spacial score (nSPS) is 15.0. The molecular weight excluding hydrogens is 364 g/mol. The Labute approximate surface area is 165 Å². The van der Waals surface area contributed by atoms with Crippen LogP contribution in [0, 0.1) is 0 Å². The molecule has 2 atom stereocenters. The molecule has 0 bridgehead atoms. The van der Waals surface area contributed by atoms with Crippen molar-refractivity contribution in [3.05, 3.63) is 65.7 Å². The number of hydrogen-bond donors (Lipinski definition) is 4. The van der Waals surface area contributed by atoms with E-state index < -0.39 is 6.04 Å². The van der Waals surface area contributed by atoms with Crippen LogP contribution in [-0.4, -0.2) is 18.0 Å². The molecule has 2 unspecified atom stereocenters. The molecule has 1 fully saturated rings. The van der Waals surface area contributed by atoms with Gasteiger partial charge in [0.15, 0.2) is 0 Å². The van der Waals surface area contributed by atoms with Gasteiger partial charge in [-0.3, -0.25) is 4.79 Å². The maximum Gasteiger partial charge on any atom is 0.319 e. The van der Waals surface area contributed by atoms with E-state index in [9.17, 15) is 9.59 Å². The number of nitrogens with two attached hydrogens (primary N) is 1. The summed E-state index contributed by atoms with van der Waals surface area (Å²) in [6.07, 6.45) is 2.10. The fourth-order valence-electron chi connectivity index (χ4n) is 2.63. The summed E-state index contributed by atoms with van der Waals surface area (Å²) >= 11 is 0. The van der Waals surface area contributed by atoms with Crippen molar-refractivity contribution in [1.29, 1.82) is 0 Å². The molecule has 7 heteroatoms. The van der Waals surface area contributed by atoms with Crippen molar-refractivity contribution in [1.82, 2.24) is 10.6 Å². The highest BCUT2D eigenvalue weighted by Gasteiger charge is 2.23. The number of nitrogens with one attached hydrogen (secondary N) is 3. The zero-order valence-electron chi connectivity index (χ0n) is 15.1. The molecule has 144 valence electrons. The minimum absolute atomic E-state index is 0. The van der Waals surface area contributed by atoms with E-state index in [1.54, 1.807) is 0 Å². The van der Waals surface area contributed by atoms with Crippen LogP contribution in [0.3, 0.4) is 0 Å². The molecule has 0 heterocycles. The topological polar surface area (TPSA) is 96.2 Å². The summed E-state index contributed by atoms with van der Waals surface area (Å²) in [5.41, 5.74) is 8.45. The van der Waals surface area contributed by atoms with Crippen molar-refractivity contribution >= 4 is 30.0 Å². The highest BCUT2D eigenvalue weighted by atomic mass is 35.5. The summed E-state index contributed by atoms with van der Waals surface area (Å²) in [6.45, 7) is 1.90. The third-order valence-electron chi connectivity index (χ3n) is 4.38. The SMILES string of the molecule is CC(NC(=O)C(N)c1ccccc1)c1ccc(NC(=O)NC2CC2)cc1.Cl. The molecule has 5 N–H and O–H groups in total. The zero-order chi connectivity index (χ0) is 18.5. The minimum Gasteiger partial charge on any atom is -0.348 e. The lowest BCUT2D eigenvalue weighted by Crippen LogP contribution is -2.35. The molecule has 3 amide bonds. The molecule has 2 aromatic rings. The van der Waals surface area contributed by atoms with Crippen LogP contribution < -0.4 is 21.7 Å². The molecule has 0 radical (unpaired) electrons. The highest BCUT2D eigenvalue weighted by molar-refractivity contribution is 5.89. The Morgan fingerprint density at radius 3 is 2.22 bits per heavy atom. The average Bonchev–Trinajstić information content (AvgIpc) is 3.46. The second kappa shape index (κ2) is 9.39. The van der Waals surface area contributed by atoms with Crippen molar-refractivity contribution in [3.63, 3.8) is 0 Å². The lowest BCUT2D eigenvalue weighted by Gasteiger charge is -2.18. The lowest BCUT2D eigenvalue weighted by atomic mass is 10.0. The second-order valence-electron chi connectivity index (χ2n) is 6.61. The number of carbonyl (C=O) groups is 2. The van der Waals surface area contributed by atoms with Gasteiger partial charge in [-0.05, 0) is 43.0 Å². The Hall–Kier alpha value is -2.57. The quantitative estimate of drug-likeness (QED) is 0.611. The Morgan fingerprint density at radius 2 is 1.63 bits per heavy atom. The van der Waals surface area contributed by atoms with E-state index in [4.69, 9.17) is 5.73 Å². The van der Waals surface area contributed by atoms with Crippen LogP contribution in [0.15, 0.2) is 54.6 Å². The van der Waals surface area contributed by atoms with Crippen molar-refractivity contribution in [3.8, 4) is 0 Å². The first-order chi connectivity index (χ1) is 12.5. The molecule has 2 aromatic carbocycles. The molecular formula is C20H25ClN4O2. The van der Waals surface area contributed by atoms with Gasteiger partial charge in [-0.15, -0.1) is 12.4 Å². The molecule has 27 heavy (non-hydrogen) atoms. The largest absolute Gasteiger partial charge is 0.348 e. The Balaban J connectivity index is 0.00000261. The maximum atomic E-state index is 12.3. The summed E-state index contributed by atoms with van der Waals surface area (Å²) in [7, 11) is 0. The van der Waals surface area contributed by atoms with E-state index >= 15 is 0 Å². The molecule has 3 rings (SSSR count). The van der Waals surface area contributed by atoms with Gasteiger partial charge in [0.2, 0.25) is 5.91 Å². The van der Waals surface area contributed by atoms with Crippen molar-refractivity contribution in [2.75, 3.05) is 5.32 Å². The summed E-state index contributed by atoms with van der Waals surface area (Å²) < 4.78 is 0. The van der Waals surface area contributed by atoms with Gasteiger partial charge in [0.1, 0.15) is 6.04 Å². The molecule has 0 spiro atoms. The number of anilines is 1. The molecule has 1 aliphatic rings. The molecule has 0 aliphatic heterocycles. The fourth-order valence-corrected chi connectivity index (χ4v) is 2.63. The number of benzene rings is 2. The smallest absolute Gasteiger partial charge is 0.319 e. The van der Waals surface area contributed by atoms with E-state index in [1.165, 1.54) is 0 Å². The number of rotatable bonds is 6. The molecule has 1 aliphatic carbocycles. The number of hydrogen-bond acceptors (Lipinski definition) is 3. The second-order valence-corrected chi connectivity index (χ2v) is 6.61. The highest BCUT2D eigenvalue weighted by Crippen LogP contribution is 2.20. The van der Waals surface area contributed by atoms with Crippen LogP contribution in [0.4, 0.5) is 10.5 Å². The van der Waals surface area contributed by atoms with E-state index in [0.29, 0.717) is 11.7 Å². The first-order valence-corrected chi connectivity index (χ1v) is 8.81. The van der Waals surface area contributed by atoms with Crippen molar-refractivity contribution in [2.45, 2.75) is 37.9 Å². The van der Waals surface area contributed by atoms with Gasteiger partial charge in [-0.2, -0.15) is 0 Å². The van der Waals surface area contributed by atoms with Crippen LogP contribution in [0.5, 0.6) is 0 Å². The first-order valence-electron chi connectivity index (χ1n) is 8.81. The van der Waals surface area contributed by atoms with E-state index in [1.807, 2.05) is 61.5 Å².